The fourth-order valence-electron chi connectivity index (χ4n) is 6.81. The zero-order valence-electron chi connectivity index (χ0n) is 26.5. The van der Waals surface area contributed by atoms with Gasteiger partial charge in [-0.3, -0.25) is 14.3 Å². The van der Waals surface area contributed by atoms with E-state index < -0.39 is 32.8 Å². The number of nitrogens with one attached hydrogen (secondary N) is 1. The summed E-state index contributed by atoms with van der Waals surface area (Å²) >= 11 is 0. The van der Waals surface area contributed by atoms with Gasteiger partial charge in [0.05, 0.1) is 28.8 Å². The molecule has 0 aliphatic carbocycles. The third-order valence-electron chi connectivity index (χ3n) is 9.06. The number of aromatic amines is 1. The Bertz CT molecular complexity index is 2080. The van der Waals surface area contributed by atoms with Gasteiger partial charge in [0.2, 0.25) is 0 Å². The van der Waals surface area contributed by atoms with E-state index in [9.17, 15) is 23.1 Å². The Morgan fingerprint density at radius 1 is 1.09 bits per heavy atom. The highest BCUT2D eigenvalue weighted by molar-refractivity contribution is 7.91. The van der Waals surface area contributed by atoms with Crippen LogP contribution in [-0.4, -0.2) is 51.5 Å². The summed E-state index contributed by atoms with van der Waals surface area (Å²) in [6.45, 7) is 3.90. The molecule has 0 radical (unpaired) electrons. The molecular weight excluding hydrogens is 617 g/mol. The summed E-state index contributed by atoms with van der Waals surface area (Å²) in [5.74, 6) is -2.32. The minimum absolute atomic E-state index is 0.00991. The minimum atomic E-state index is -3.58. The second-order valence-corrected chi connectivity index (χ2v) is 15.5. The number of halogens is 1. The molecule has 4 bridgehead atoms. The van der Waals surface area contributed by atoms with Gasteiger partial charge in [-0.15, -0.1) is 0 Å². The van der Waals surface area contributed by atoms with Gasteiger partial charge in [-0.05, 0) is 72.1 Å². The standard InChI is InChI=1S/C37H38FN3O5S/c1-37(2)16-5-10-33(26-8-3-6-24(20-26)11-12-34(42)43)41-18-14-31(40-41)25-7-4-9-27(21-25)36(44)35-29(15-19-47(45,46)23-37)28-13-17-39-32(28)22-30(35)38/h3-4,6-9,13-14,17-18,20-22,33,39H,5,10-12,15-16,19,23H2,1-2H3,(H,42,43). The first kappa shape index (κ1) is 32.4. The third kappa shape index (κ3) is 7.22. The molecule has 8 nitrogen and oxygen atoms in total. The summed E-state index contributed by atoms with van der Waals surface area (Å²) in [6, 6.07) is 19.5. The molecule has 0 saturated heterocycles. The van der Waals surface area contributed by atoms with E-state index in [-0.39, 0.29) is 41.5 Å². The SMILES string of the molecule is CC1(C)CCCC(c2cccc(CCC(=O)O)c2)n2ccc(n2)-c2cccc(c2)C(=O)c2c(F)cc3[nH]ccc3c2CCS(=O)(=O)C1. The number of sulfone groups is 1. The summed E-state index contributed by atoms with van der Waals surface area (Å²) in [5.41, 5.74) is 3.77. The maximum atomic E-state index is 15.7. The third-order valence-corrected chi connectivity index (χ3v) is 11.1. The Hall–Kier alpha value is -4.57. The van der Waals surface area contributed by atoms with Crippen molar-refractivity contribution in [2.75, 3.05) is 11.5 Å². The van der Waals surface area contributed by atoms with Gasteiger partial charge in [0.1, 0.15) is 5.82 Å². The Kier molecular flexibility index (Phi) is 8.89. The number of hydrogen-bond acceptors (Lipinski definition) is 5. The van der Waals surface area contributed by atoms with E-state index in [1.54, 1.807) is 30.5 Å². The Labute approximate surface area is 273 Å². The zero-order valence-corrected chi connectivity index (χ0v) is 27.3. The molecule has 47 heavy (non-hydrogen) atoms. The Morgan fingerprint density at radius 2 is 1.87 bits per heavy atom. The lowest BCUT2D eigenvalue weighted by atomic mass is 9.87. The van der Waals surface area contributed by atoms with Crippen LogP contribution in [0.2, 0.25) is 0 Å². The summed E-state index contributed by atoms with van der Waals surface area (Å²) < 4.78 is 44.7. The highest BCUT2D eigenvalue weighted by atomic mass is 32.2. The second kappa shape index (κ2) is 12.9. The number of fused-ring (bicyclic) bond motifs is 8. The first-order valence-electron chi connectivity index (χ1n) is 15.9. The van der Waals surface area contributed by atoms with Gasteiger partial charge in [0, 0.05) is 40.8 Å². The number of nitrogens with zero attached hydrogens (tertiary/aromatic N) is 2. The fraction of sp³-hybridized carbons (Fsp3) is 0.324. The lowest BCUT2D eigenvalue weighted by molar-refractivity contribution is -0.136. The Balaban J connectivity index is 1.45. The second-order valence-electron chi connectivity index (χ2n) is 13.3. The van der Waals surface area contributed by atoms with Crippen LogP contribution in [0.15, 0.2) is 79.1 Å². The number of hydrogen-bond donors (Lipinski definition) is 2. The molecule has 3 aromatic carbocycles. The van der Waals surface area contributed by atoms with Gasteiger partial charge < -0.3 is 10.1 Å². The molecule has 1 aliphatic heterocycles. The van der Waals surface area contributed by atoms with Crippen molar-refractivity contribution in [1.82, 2.24) is 14.8 Å². The van der Waals surface area contributed by atoms with Gasteiger partial charge in [-0.25, -0.2) is 12.8 Å². The van der Waals surface area contributed by atoms with E-state index in [1.807, 2.05) is 61.1 Å². The van der Waals surface area contributed by atoms with Gasteiger partial charge in [0.15, 0.2) is 15.6 Å². The van der Waals surface area contributed by atoms with Crippen molar-refractivity contribution in [1.29, 1.82) is 0 Å². The van der Waals surface area contributed by atoms with Crippen molar-refractivity contribution in [3.63, 3.8) is 0 Å². The normalized spacial score (nSPS) is 18.3. The van der Waals surface area contributed by atoms with E-state index >= 15 is 4.39 Å². The predicted molar refractivity (Wildman–Crippen MR) is 180 cm³/mol. The molecule has 0 spiro atoms. The number of carbonyl (C=O) groups is 2. The molecule has 5 aromatic rings. The van der Waals surface area contributed by atoms with Crippen molar-refractivity contribution in [2.45, 2.75) is 58.4 Å². The summed E-state index contributed by atoms with van der Waals surface area (Å²) in [6.07, 6.45) is 6.05. The van der Waals surface area contributed by atoms with E-state index in [0.717, 1.165) is 17.5 Å². The molecular formula is C37H38FN3O5S. The number of carbonyl (C=O) groups excluding carboxylic acids is 1. The van der Waals surface area contributed by atoms with Gasteiger partial charge in [-0.2, -0.15) is 5.10 Å². The smallest absolute Gasteiger partial charge is 0.303 e. The molecule has 1 aliphatic rings. The van der Waals surface area contributed by atoms with Crippen LogP contribution in [0.3, 0.4) is 0 Å². The van der Waals surface area contributed by atoms with Gasteiger partial charge in [-0.1, -0.05) is 62.7 Å². The highest BCUT2D eigenvalue weighted by Gasteiger charge is 2.29. The van der Waals surface area contributed by atoms with Crippen LogP contribution in [-0.2, 0) is 27.5 Å². The van der Waals surface area contributed by atoms with Crippen LogP contribution in [0.25, 0.3) is 22.2 Å². The van der Waals surface area contributed by atoms with E-state index in [0.29, 0.717) is 47.0 Å². The minimum Gasteiger partial charge on any atom is -0.481 e. The van der Waals surface area contributed by atoms with Crippen LogP contribution >= 0.6 is 0 Å². The van der Waals surface area contributed by atoms with E-state index in [4.69, 9.17) is 5.10 Å². The number of carboxylic acid groups (broad SMARTS) is 1. The lowest BCUT2D eigenvalue weighted by Gasteiger charge is -2.26. The molecule has 6 rings (SSSR count). The number of aromatic nitrogens is 3. The zero-order chi connectivity index (χ0) is 33.3. The number of aryl methyl sites for hydroxylation is 2. The monoisotopic (exact) mass is 655 g/mol. The number of benzene rings is 3. The van der Waals surface area contributed by atoms with Crippen LogP contribution < -0.4 is 0 Å². The number of aliphatic carboxylic acids is 1. The van der Waals surface area contributed by atoms with Crippen molar-refractivity contribution >= 4 is 32.5 Å². The fourth-order valence-corrected chi connectivity index (χ4v) is 8.80. The van der Waals surface area contributed by atoms with Crippen molar-refractivity contribution in [3.8, 4) is 11.3 Å². The lowest BCUT2D eigenvalue weighted by Crippen LogP contribution is -2.27. The molecule has 1 atom stereocenters. The average Bonchev–Trinajstić information content (AvgIpc) is 3.70. The summed E-state index contributed by atoms with van der Waals surface area (Å²) in [7, 11) is -3.58. The van der Waals surface area contributed by atoms with Crippen LogP contribution in [0.1, 0.15) is 78.2 Å². The number of ketones is 1. The van der Waals surface area contributed by atoms with Crippen molar-refractivity contribution in [3.05, 3.63) is 113 Å². The van der Waals surface area contributed by atoms with Crippen LogP contribution in [0.4, 0.5) is 4.39 Å². The largest absolute Gasteiger partial charge is 0.481 e. The first-order chi connectivity index (χ1) is 22.4. The Morgan fingerprint density at radius 3 is 2.68 bits per heavy atom. The van der Waals surface area contributed by atoms with Crippen LogP contribution in [0, 0.1) is 11.2 Å². The predicted octanol–water partition coefficient (Wildman–Crippen LogP) is 7.18. The maximum Gasteiger partial charge on any atom is 0.303 e. The number of H-pyrrole nitrogens is 1. The quantitative estimate of drug-likeness (QED) is 0.212. The molecule has 3 heterocycles. The molecule has 0 fully saturated rings. The number of carboxylic acids is 1. The van der Waals surface area contributed by atoms with Crippen molar-refractivity contribution in [2.24, 2.45) is 5.41 Å². The van der Waals surface area contributed by atoms with Gasteiger partial charge >= 0.3 is 5.97 Å². The molecule has 10 heteroatoms. The van der Waals surface area contributed by atoms with Crippen molar-refractivity contribution < 1.29 is 27.5 Å². The molecule has 1 unspecified atom stereocenters. The maximum absolute atomic E-state index is 15.7. The van der Waals surface area contributed by atoms with E-state index in [1.165, 1.54) is 6.07 Å². The molecule has 0 amide bonds. The molecule has 0 saturated carbocycles. The average molecular weight is 656 g/mol. The summed E-state index contributed by atoms with van der Waals surface area (Å²) in [5, 5.41) is 14.8. The highest BCUT2D eigenvalue weighted by Crippen LogP contribution is 2.34. The van der Waals surface area contributed by atoms with Crippen LogP contribution in [0.5, 0.6) is 0 Å². The van der Waals surface area contributed by atoms with Gasteiger partial charge in [0.25, 0.3) is 0 Å². The number of rotatable bonds is 4. The molecule has 2 N–H and O–H groups in total. The first-order valence-corrected chi connectivity index (χ1v) is 17.7. The summed E-state index contributed by atoms with van der Waals surface area (Å²) in [4.78, 5) is 28.2. The van der Waals surface area contributed by atoms with E-state index in [2.05, 4.69) is 4.98 Å². The molecule has 244 valence electrons. The topological polar surface area (TPSA) is 122 Å². The molecule has 2 aromatic heterocycles.